The maximum atomic E-state index is 12.8. The summed E-state index contributed by atoms with van der Waals surface area (Å²) in [5, 5.41) is 5.68. The Kier molecular flexibility index (Phi) is 6.48. The predicted molar refractivity (Wildman–Crippen MR) is 129 cm³/mol. The lowest BCUT2D eigenvalue weighted by molar-refractivity contribution is 0.0941. The minimum Gasteiger partial charge on any atom is -0.481 e. The van der Waals surface area contributed by atoms with Crippen LogP contribution in [0.25, 0.3) is 22.2 Å². The molecule has 160 valence electrons. The maximum Gasteiger partial charge on any atom is 0.289 e. The summed E-state index contributed by atoms with van der Waals surface area (Å²) in [5.41, 5.74) is 3.48. The molecule has 2 aromatic carbocycles. The average molecular weight is 442 g/mol. The Bertz CT molecular complexity index is 1270. The van der Waals surface area contributed by atoms with Crippen molar-refractivity contribution in [3.63, 3.8) is 0 Å². The second-order valence-corrected chi connectivity index (χ2v) is 8.64. The van der Waals surface area contributed by atoms with Crippen molar-refractivity contribution in [3.05, 3.63) is 76.2 Å². The van der Waals surface area contributed by atoms with Crippen molar-refractivity contribution < 1.29 is 9.53 Å². The number of hydrogen-bond acceptors (Lipinski definition) is 5. The number of rotatable bonds is 7. The van der Waals surface area contributed by atoms with Crippen LogP contribution < -0.4 is 10.1 Å². The summed E-state index contributed by atoms with van der Waals surface area (Å²) in [6, 6.07) is 17.6. The molecular formula is C26H23N3O2S. The largest absolute Gasteiger partial charge is 0.481 e. The van der Waals surface area contributed by atoms with Gasteiger partial charge in [0, 0.05) is 15.8 Å². The molecule has 0 bridgehead atoms. The summed E-state index contributed by atoms with van der Waals surface area (Å²) in [4.78, 5) is 23.1. The summed E-state index contributed by atoms with van der Waals surface area (Å²) in [6.45, 7) is 4.92. The number of thiophene rings is 1. The summed E-state index contributed by atoms with van der Waals surface area (Å²) >= 11 is 1.59. The lowest BCUT2D eigenvalue weighted by Gasteiger charge is -2.12. The van der Waals surface area contributed by atoms with Crippen LogP contribution in [0.2, 0.25) is 0 Å². The number of carbonyl (C=O) groups is 1. The Morgan fingerprint density at radius 3 is 2.66 bits per heavy atom. The van der Waals surface area contributed by atoms with E-state index in [1.165, 1.54) is 5.56 Å². The minimum atomic E-state index is -0.312. The van der Waals surface area contributed by atoms with E-state index in [-0.39, 0.29) is 18.3 Å². The van der Waals surface area contributed by atoms with Crippen LogP contribution in [-0.4, -0.2) is 22.5 Å². The van der Waals surface area contributed by atoms with Crippen molar-refractivity contribution in [2.45, 2.75) is 26.3 Å². The van der Waals surface area contributed by atoms with Crippen molar-refractivity contribution in [3.8, 4) is 29.4 Å². The van der Waals surface area contributed by atoms with E-state index >= 15 is 0 Å². The number of aromatic nitrogens is 2. The zero-order valence-electron chi connectivity index (χ0n) is 18.0. The molecule has 5 nitrogen and oxygen atoms in total. The Labute approximate surface area is 191 Å². The Balaban J connectivity index is 1.75. The Morgan fingerprint density at radius 1 is 1.16 bits per heavy atom. The van der Waals surface area contributed by atoms with Crippen molar-refractivity contribution in [2.75, 3.05) is 6.61 Å². The molecule has 32 heavy (non-hydrogen) atoms. The molecular weight excluding hydrogens is 418 g/mol. The molecule has 0 saturated heterocycles. The molecule has 0 unspecified atom stereocenters. The summed E-state index contributed by atoms with van der Waals surface area (Å²) in [7, 11) is 0. The number of hydrogen-bond donors (Lipinski definition) is 1. The van der Waals surface area contributed by atoms with Gasteiger partial charge in [-0.25, -0.2) is 9.97 Å². The van der Waals surface area contributed by atoms with Crippen LogP contribution >= 0.6 is 11.3 Å². The normalized spacial score (nSPS) is 10.8. The number of carbonyl (C=O) groups excluding carboxylic acids is 1. The second-order valence-electron chi connectivity index (χ2n) is 7.61. The van der Waals surface area contributed by atoms with Crippen LogP contribution in [0.3, 0.4) is 0 Å². The van der Waals surface area contributed by atoms with E-state index in [0.717, 1.165) is 15.8 Å². The number of fused-ring (bicyclic) bond motifs is 1. The van der Waals surface area contributed by atoms with Gasteiger partial charge in [0.15, 0.2) is 0 Å². The van der Waals surface area contributed by atoms with E-state index in [2.05, 4.69) is 47.2 Å². The minimum absolute atomic E-state index is 0.134. The summed E-state index contributed by atoms with van der Waals surface area (Å²) in [6.07, 6.45) is 5.32. The van der Waals surface area contributed by atoms with Crippen molar-refractivity contribution in [1.29, 1.82) is 0 Å². The number of benzene rings is 2. The van der Waals surface area contributed by atoms with Crippen LogP contribution in [0.15, 0.2) is 60.0 Å². The molecule has 1 amide bonds. The molecule has 2 aromatic heterocycles. The second kappa shape index (κ2) is 9.63. The van der Waals surface area contributed by atoms with Gasteiger partial charge in [-0.3, -0.25) is 4.79 Å². The van der Waals surface area contributed by atoms with E-state index in [1.54, 1.807) is 17.4 Å². The molecule has 6 heteroatoms. The van der Waals surface area contributed by atoms with E-state index in [0.29, 0.717) is 29.4 Å². The fourth-order valence-corrected chi connectivity index (χ4v) is 3.97. The molecule has 0 aliphatic heterocycles. The lowest BCUT2D eigenvalue weighted by Crippen LogP contribution is -2.24. The predicted octanol–water partition coefficient (Wildman–Crippen LogP) is 5.42. The van der Waals surface area contributed by atoms with Crippen molar-refractivity contribution >= 4 is 28.1 Å². The highest BCUT2D eigenvalue weighted by molar-refractivity contribution is 7.09. The maximum absolute atomic E-state index is 12.8. The van der Waals surface area contributed by atoms with Gasteiger partial charge in [0.05, 0.1) is 17.8 Å². The third kappa shape index (κ3) is 4.79. The zero-order valence-corrected chi connectivity index (χ0v) is 18.8. The molecule has 0 aliphatic rings. The van der Waals surface area contributed by atoms with Crippen LogP contribution in [0.4, 0.5) is 0 Å². The topological polar surface area (TPSA) is 64.1 Å². The SMILES string of the molecule is C#CCOc1ccc2nc(C(=O)NCc3cccs3)nc(-c3ccc(C(C)C)cc3)c2c1. The first kappa shape index (κ1) is 21.5. The molecule has 2 heterocycles. The third-order valence-corrected chi connectivity index (χ3v) is 5.92. The Morgan fingerprint density at radius 2 is 1.97 bits per heavy atom. The fraction of sp³-hybridized carbons (Fsp3) is 0.192. The first-order valence-electron chi connectivity index (χ1n) is 10.3. The highest BCUT2D eigenvalue weighted by Gasteiger charge is 2.16. The fourth-order valence-electron chi connectivity index (χ4n) is 3.33. The van der Waals surface area contributed by atoms with Gasteiger partial charge in [0.1, 0.15) is 12.4 Å². The van der Waals surface area contributed by atoms with Gasteiger partial charge in [-0.15, -0.1) is 17.8 Å². The number of terminal acetylenes is 1. The Hall–Kier alpha value is -3.69. The average Bonchev–Trinajstić information content (AvgIpc) is 3.34. The lowest BCUT2D eigenvalue weighted by atomic mass is 9.99. The van der Waals surface area contributed by atoms with E-state index in [9.17, 15) is 4.79 Å². The third-order valence-electron chi connectivity index (χ3n) is 5.05. The molecule has 4 aromatic rings. The van der Waals surface area contributed by atoms with E-state index in [4.69, 9.17) is 11.2 Å². The number of amides is 1. The molecule has 1 N–H and O–H groups in total. The highest BCUT2D eigenvalue weighted by Crippen LogP contribution is 2.30. The van der Waals surface area contributed by atoms with Crippen molar-refractivity contribution in [2.24, 2.45) is 0 Å². The molecule has 0 saturated carbocycles. The van der Waals surface area contributed by atoms with Gasteiger partial charge in [-0.05, 0) is 41.1 Å². The number of nitrogens with one attached hydrogen (secondary N) is 1. The van der Waals surface area contributed by atoms with Gasteiger partial charge in [0.25, 0.3) is 5.91 Å². The summed E-state index contributed by atoms with van der Waals surface area (Å²) < 4.78 is 5.59. The highest BCUT2D eigenvalue weighted by atomic mass is 32.1. The van der Waals surface area contributed by atoms with Crippen molar-refractivity contribution in [1.82, 2.24) is 15.3 Å². The van der Waals surface area contributed by atoms with Crippen LogP contribution in [0, 0.1) is 12.3 Å². The number of ether oxygens (including phenoxy) is 1. The molecule has 0 fully saturated rings. The molecule has 0 spiro atoms. The monoisotopic (exact) mass is 441 g/mol. The molecule has 4 rings (SSSR count). The van der Waals surface area contributed by atoms with Gasteiger partial charge in [-0.2, -0.15) is 0 Å². The van der Waals surface area contributed by atoms with Crippen LogP contribution in [-0.2, 0) is 6.54 Å². The zero-order chi connectivity index (χ0) is 22.5. The summed E-state index contributed by atoms with van der Waals surface area (Å²) in [5.74, 6) is 3.35. The first-order valence-corrected chi connectivity index (χ1v) is 11.2. The van der Waals surface area contributed by atoms with Gasteiger partial charge in [-0.1, -0.05) is 50.1 Å². The van der Waals surface area contributed by atoms with Crippen LogP contribution in [0.5, 0.6) is 5.75 Å². The molecule has 0 aliphatic carbocycles. The number of nitrogens with zero attached hydrogens (tertiary/aromatic N) is 2. The van der Waals surface area contributed by atoms with Gasteiger partial charge >= 0.3 is 0 Å². The molecule has 0 atom stereocenters. The first-order chi connectivity index (χ1) is 15.5. The standard InChI is InChI=1S/C26H23N3O2S/c1-4-13-31-20-11-12-23-22(15-20)24(19-9-7-18(8-10-19)17(2)3)29-25(28-23)26(30)27-16-21-6-5-14-32-21/h1,5-12,14-15,17H,13,16H2,2-3H3,(H,27,30). The smallest absolute Gasteiger partial charge is 0.289 e. The van der Waals surface area contributed by atoms with E-state index < -0.39 is 0 Å². The van der Waals surface area contributed by atoms with E-state index in [1.807, 2.05) is 41.8 Å². The molecule has 0 radical (unpaired) electrons. The van der Waals surface area contributed by atoms with Gasteiger partial charge < -0.3 is 10.1 Å². The quantitative estimate of drug-likeness (QED) is 0.389. The van der Waals surface area contributed by atoms with Crippen LogP contribution in [0.1, 0.15) is 40.8 Å². The van der Waals surface area contributed by atoms with Gasteiger partial charge in [0.2, 0.25) is 5.82 Å².